The van der Waals surface area contributed by atoms with E-state index in [2.05, 4.69) is 4.98 Å². The molecule has 2 heterocycles. The third-order valence-corrected chi connectivity index (χ3v) is 3.27. The standard InChI is InChI=1S/C11H13N3O5/c1-5-3-14(4-7(5)10(17)18)9(16)6-2-12-11(19)13-8(6)15/h2,5,7H,3-4H2,1H3,(H,17,18)(H2,12,13,15,19). The average molecular weight is 267 g/mol. The van der Waals surface area contributed by atoms with Crippen molar-refractivity contribution in [2.45, 2.75) is 6.92 Å². The highest BCUT2D eigenvalue weighted by Crippen LogP contribution is 2.23. The topological polar surface area (TPSA) is 123 Å². The normalized spacial score (nSPS) is 22.5. The maximum Gasteiger partial charge on any atom is 0.325 e. The lowest BCUT2D eigenvalue weighted by Crippen LogP contribution is -2.36. The first-order valence-corrected chi connectivity index (χ1v) is 5.74. The molecule has 1 amide bonds. The van der Waals surface area contributed by atoms with E-state index in [0.717, 1.165) is 6.20 Å². The highest BCUT2D eigenvalue weighted by molar-refractivity contribution is 5.94. The van der Waals surface area contributed by atoms with Crippen molar-refractivity contribution in [3.63, 3.8) is 0 Å². The van der Waals surface area contributed by atoms with Crippen molar-refractivity contribution in [1.82, 2.24) is 14.9 Å². The first-order valence-electron chi connectivity index (χ1n) is 5.74. The molecule has 1 aromatic heterocycles. The summed E-state index contributed by atoms with van der Waals surface area (Å²) in [7, 11) is 0. The van der Waals surface area contributed by atoms with Gasteiger partial charge in [0.2, 0.25) is 0 Å². The lowest BCUT2D eigenvalue weighted by Gasteiger charge is -2.14. The van der Waals surface area contributed by atoms with Crippen molar-refractivity contribution in [2.75, 3.05) is 13.1 Å². The summed E-state index contributed by atoms with van der Waals surface area (Å²) >= 11 is 0. The lowest BCUT2D eigenvalue weighted by atomic mass is 9.99. The van der Waals surface area contributed by atoms with Gasteiger partial charge in [0.1, 0.15) is 5.56 Å². The minimum atomic E-state index is -0.960. The van der Waals surface area contributed by atoms with Gasteiger partial charge in [-0.25, -0.2) is 4.79 Å². The Kier molecular flexibility index (Phi) is 3.24. The van der Waals surface area contributed by atoms with Gasteiger partial charge in [0, 0.05) is 19.3 Å². The van der Waals surface area contributed by atoms with Gasteiger partial charge < -0.3 is 15.0 Å². The summed E-state index contributed by atoms with van der Waals surface area (Å²) in [4.78, 5) is 50.9. The van der Waals surface area contributed by atoms with Crippen LogP contribution in [0.3, 0.4) is 0 Å². The van der Waals surface area contributed by atoms with Crippen LogP contribution in [0.4, 0.5) is 0 Å². The molecular weight excluding hydrogens is 254 g/mol. The summed E-state index contributed by atoms with van der Waals surface area (Å²) in [6, 6.07) is 0. The molecule has 0 bridgehead atoms. The molecule has 0 aliphatic carbocycles. The number of carboxylic acids is 1. The number of carbonyl (C=O) groups is 2. The number of nitrogens with one attached hydrogen (secondary N) is 2. The Hall–Kier alpha value is -2.38. The zero-order valence-electron chi connectivity index (χ0n) is 10.2. The highest BCUT2D eigenvalue weighted by Gasteiger charge is 2.37. The van der Waals surface area contributed by atoms with Crippen molar-refractivity contribution in [3.8, 4) is 0 Å². The molecule has 1 aromatic rings. The van der Waals surface area contributed by atoms with Gasteiger partial charge in [-0.1, -0.05) is 6.92 Å². The first-order chi connectivity index (χ1) is 8.90. The molecule has 0 saturated carbocycles. The molecule has 1 aliphatic heterocycles. The van der Waals surface area contributed by atoms with Crippen LogP contribution in [-0.4, -0.2) is 44.9 Å². The van der Waals surface area contributed by atoms with Crippen molar-refractivity contribution >= 4 is 11.9 Å². The minimum Gasteiger partial charge on any atom is -0.481 e. The number of aliphatic carboxylic acids is 1. The van der Waals surface area contributed by atoms with Crippen molar-refractivity contribution in [2.24, 2.45) is 11.8 Å². The Morgan fingerprint density at radius 1 is 1.37 bits per heavy atom. The Bertz CT molecular complexity index is 632. The summed E-state index contributed by atoms with van der Waals surface area (Å²) in [6.45, 7) is 2.07. The molecule has 3 N–H and O–H groups in total. The molecule has 0 radical (unpaired) electrons. The van der Waals surface area contributed by atoms with Gasteiger partial charge in [-0.15, -0.1) is 0 Å². The molecule has 0 aromatic carbocycles. The zero-order valence-corrected chi connectivity index (χ0v) is 10.2. The fourth-order valence-electron chi connectivity index (χ4n) is 2.19. The number of nitrogens with zero attached hydrogens (tertiary/aromatic N) is 1. The number of amides is 1. The van der Waals surface area contributed by atoms with Crippen LogP contribution in [0.2, 0.25) is 0 Å². The Labute approximate surface area is 107 Å². The fraction of sp³-hybridized carbons (Fsp3) is 0.455. The Morgan fingerprint density at radius 3 is 2.58 bits per heavy atom. The summed E-state index contributed by atoms with van der Waals surface area (Å²) in [5.74, 6) is -2.35. The minimum absolute atomic E-state index is 0.0634. The molecule has 8 nitrogen and oxygen atoms in total. The maximum atomic E-state index is 12.1. The van der Waals surface area contributed by atoms with Crippen LogP contribution in [0.1, 0.15) is 17.3 Å². The third-order valence-electron chi connectivity index (χ3n) is 3.27. The molecule has 1 fully saturated rings. The van der Waals surface area contributed by atoms with Crippen LogP contribution in [0, 0.1) is 11.8 Å². The van der Waals surface area contributed by atoms with E-state index < -0.39 is 29.0 Å². The van der Waals surface area contributed by atoms with Crippen LogP contribution in [0.15, 0.2) is 15.8 Å². The molecule has 2 atom stereocenters. The van der Waals surface area contributed by atoms with Gasteiger partial charge in [0.05, 0.1) is 5.92 Å². The number of carboxylic acid groups (broad SMARTS) is 1. The highest BCUT2D eigenvalue weighted by atomic mass is 16.4. The molecular formula is C11H13N3O5. The second-order valence-electron chi connectivity index (χ2n) is 4.62. The van der Waals surface area contributed by atoms with Gasteiger partial charge in [0.25, 0.3) is 11.5 Å². The predicted molar refractivity (Wildman–Crippen MR) is 63.9 cm³/mol. The largest absolute Gasteiger partial charge is 0.481 e. The number of carbonyl (C=O) groups excluding carboxylic acids is 1. The Morgan fingerprint density at radius 2 is 2.05 bits per heavy atom. The summed E-state index contributed by atoms with van der Waals surface area (Å²) in [6.07, 6.45) is 1.04. The molecule has 19 heavy (non-hydrogen) atoms. The molecule has 102 valence electrons. The van der Waals surface area contributed by atoms with Gasteiger partial charge in [-0.3, -0.25) is 19.4 Å². The van der Waals surface area contributed by atoms with Crippen LogP contribution in [-0.2, 0) is 4.79 Å². The second kappa shape index (κ2) is 4.71. The van der Waals surface area contributed by atoms with Gasteiger partial charge in [0.15, 0.2) is 0 Å². The molecule has 2 unspecified atom stereocenters. The second-order valence-corrected chi connectivity index (χ2v) is 4.62. The number of aromatic amines is 2. The molecule has 2 rings (SSSR count). The van der Waals surface area contributed by atoms with E-state index in [1.54, 1.807) is 6.92 Å². The van der Waals surface area contributed by atoms with Crippen LogP contribution in [0.25, 0.3) is 0 Å². The number of hydrogen-bond acceptors (Lipinski definition) is 4. The number of aromatic nitrogens is 2. The van der Waals surface area contributed by atoms with E-state index >= 15 is 0 Å². The summed E-state index contributed by atoms with van der Waals surface area (Å²) in [5.41, 5.74) is -1.67. The number of likely N-dealkylation sites (tertiary alicyclic amines) is 1. The lowest BCUT2D eigenvalue weighted by molar-refractivity contribution is -0.142. The van der Waals surface area contributed by atoms with Crippen molar-refractivity contribution in [3.05, 3.63) is 32.6 Å². The van der Waals surface area contributed by atoms with Crippen LogP contribution >= 0.6 is 0 Å². The average Bonchev–Trinajstić information content (AvgIpc) is 2.70. The number of rotatable bonds is 2. The van der Waals surface area contributed by atoms with Gasteiger partial charge >= 0.3 is 11.7 Å². The smallest absolute Gasteiger partial charge is 0.325 e. The van der Waals surface area contributed by atoms with E-state index in [9.17, 15) is 19.2 Å². The summed E-state index contributed by atoms with van der Waals surface area (Å²) in [5, 5.41) is 8.99. The van der Waals surface area contributed by atoms with E-state index in [-0.39, 0.29) is 24.6 Å². The molecule has 8 heteroatoms. The third kappa shape index (κ3) is 2.42. The first kappa shape index (κ1) is 13.1. The quantitative estimate of drug-likeness (QED) is 0.624. The van der Waals surface area contributed by atoms with E-state index in [4.69, 9.17) is 5.11 Å². The number of hydrogen-bond donors (Lipinski definition) is 3. The predicted octanol–water partition coefficient (Wildman–Crippen LogP) is -1.14. The molecule has 1 saturated heterocycles. The van der Waals surface area contributed by atoms with Crippen molar-refractivity contribution < 1.29 is 14.7 Å². The number of H-pyrrole nitrogens is 2. The van der Waals surface area contributed by atoms with Crippen molar-refractivity contribution in [1.29, 1.82) is 0 Å². The maximum absolute atomic E-state index is 12.1. The molecule has 1 aliphatic rings. The van der Waals surface area contributed by atoms with E-state index in [1.807, 2.05) is 4.98 Å². The zero-order chi connectivity index (χ0) is 14.2. The van der Waals surface area contributed by atoms with Gasteiger partial charge in [-0.05, 0) is 5.92 Å². The SMILES string of the molecule is CC1CN(C(=O)c2c[nH]c(=O)[nH]c2=O)CC1C(=O)O. The summed E-state index contributed by atoms with van der Waals surface area (Å²) < 4.78 is 0. The van der Waals surface area contributed by atoms with Crippen LogP contribution < -0.4 is 11.2 Å². The van der Waals surface area contributed by atoms with E-state index in [1.165, 1.54) is 4.90 Å². The van der Waals surface area contributed by atoms with Gasteiger partial charge in [-0.2, -0.15) is 0 Å². The molecule has 0 spiro atoms. The van der Waals surface area contributed by atoms with E-state index in [0.29, 0.717) is 0 Å². The monoisotopic (exact) mass is 267 g/mol. The van der Waals surface area contributed by atoms with Crippen LogP contribution in [0.5, 0.6) is 0 Å². The fourth-order valence-corrected chi connectivity index (χ4v) is 2.19. The Balaban J connectivity index is 2.24.